The van der Waals surface area contributed by atoms with Gasteiger partial charge < -0.3 is 18.0 Å². The minimum atomic E-state index is -2.87. The zero-order chi connectivity index (χ0) is 13.5. The molecule has 7 heteroatoms. The molecular formula is C10H19ClO5Si. The van der Waals surface area contributed by atoms with Crippen LogP contribution in [0.5, 0.6) is 0 Å². The first-order valence-electron chi connectivity index (χ1n) is 5.05. The van der Waals surface area contributed by atoms with Gasteiger partial charge in [0.15, 0.2) is 0 Å². The first-order valence-corrected chi connectivity index (χ1v) is 7.29. The van der Waals surface area contributed by atoms with Crippen molar-refractivity contribution in [2.24, 2.45) is 0 Å². The molecule has 1 unspecified atom stereocenters. The Morgan fingerprint density at radius 3 is 2.12 bits per heavy atom. The summed E-state index contributed by atoms with van der Waals surface area (Å²) in [7, 11) is 1.57. The van der Waals surface area contributed by atoms with Crippen LogP contribution >= 0.6 is 11.6 Å². The molecule has 0 amide bonds. The minimum absolute atomic E-state index is 0.171. The maximum absolute atomic E-state index is 11.1. The summed E-state index contributed by atoms with van der Waals surface area (Å²) in [6, 6.07) is 0. The molecule has 0 aromatic rings. The molecule has 1 atom stereocenters. The van der Waals surface area contributed by atoms with Crippen LogP contribution in [0.1, 0.15) is 13.3 Å². The fourth-order valence-electron chi connectivity index (χ4n) is 1.19. The maximum Gasteiger partial charge on any atom is 0.519 e. The lowest BCUT2D eigenvalue weighted by atomic mass is 10.4. The van der Waals surface area contributed by atoms with Crippen LogP contribution < -0.4 is 0 Å². The second-order valence-corrected chi connectivity index (χ2v) is 7.41. The molecule has 0 spiro atoms. The minimum Gasteiger partial charge on any atom is -0.462 e. The summed E-state index contributed by atoms with van der Waals surface area (Å²) in [6.45, 7) is 5.23. The molecular weight excluding hydrogens is 264 g/mol. The number of carbonyl (C=O) groups is 1. The third-order valence-corrected chi connectivity index (χ3v) is 5.97. The lowest BCUT2D eigenvalue weighted by Gasteiger charge is -2.28. The van der Waals surface area contributed by atoms with Gasteiger partial charge in [0.05, 0.1) is 6.61 Å². The summed E-state index contributed by atoms with van der Waals surface area (Å²) in [5.74, 6) is -0.437. The van der Waals surface area contributed by atoms with Crippen LogP contribution in [0, 0.1) is 0 Å². The second-order valence-electron chi connectivity index (χ2n) is 3.39. The van der Waals surface area contributed by atoms with E-state index in [0.717, 1.165) is 0 Å². The number of ether oxygens (including phenoxy) is 1. The van der Waals surface area contributed by atoms with Gasteiger partial charge in [0.2, 0.25) is 0 Å². The van der Waals surface area contributed by atoms with Gasteiger partial charge in [-0.25, -0.2) is 4.79 Å². The number of carbonyl (C=O) groups excluding carboxylic acids is 1. The third-order valence-electron chi connectivity index (χ3n) is 2.19. The summed E-state index contributed by atoms with van der Waals surface area (Å²) in [6.07, 6.45) is 0.391. The zero-order valence-electron chi connectivity index (χ0n) is 10.6. The van der Waals surface area contributed by atoms with Crippen LogP contribution in [0.2, 0.25) is 0 Å². The van der Waals surface area contributed by atoms with E-state index in [2.05, 4.69) is 6.58 Å². The Kier molecular flexibility index (Phi) is 7.65. The normalized spacial score (nSPS) is 13.2. The van der Waals surface area contributed by atoms with Crippen molar-refractivity contribution < 1.29 is 22.8 Å². The fraction of sp³-hybridized carbons (Fsp3) is 0.700. The molecule has 17 heavy (non-hydrogen) atoms. The summed E-state index contributed by atoms with van der Waals surface area (Å²) in [5.41, 5.74) is 0.352. The molecule has 0 rings (SSSR count). The Morgan fingerprint density at radius 1 is 1.29 bits per heavy atom. The van der Waals surface area contributed by atoms with Crippen LogP contribution in [-0.4, -0.2) is 47.7 Å². The number of halogens is 1. The van der Waals surface area contributed by atoms with Crippen molar-refractivity contribution in [1.82, 2.24) is 0 Å². The topological polar surface area (TPSA) is 54.0 Å². The highest BCUT2D eigenvalue weighted by Gasteiger charge is 2.46. The van der Waals surface area contributed by atoms with E-state index < -0.39 is 19.8 Å². The van der Waals surface area contributed by atoms with Gasteiger partial charge in [-0.05, 0) is 6.92 Å². The molecule has 0 N–H and O–H groups in total. The molecule has 0 aliphatic heterocycles. The van der Waals surface area contributed by atoms with Crippen molar-refractivity contribution in [2.75, 3.05) is 27.9 Å². The van der Waals surface area contributed by atoms with E-state index in [-0.39, 0.29) is 6.61 Å². The molecule has 100 valence electrons. The molecule has 0 aliphatic rings. The number of alkyl halides is 1. The summed E-state index contributed by atoms with van der Waals surface area (Å²) >= 11 is 6.14. The SMILES string of the molecule is C=C(C)C(=O)OCCC(Cl)[Si](OC)(OC)OC. The van der Waals surface area contributed by atoms with Crippen LogP contribution in [0.15, 0.2) is 12.2 Å². The molecule has 0 fully saturated rings. The highest BCUT2D eigenvalue weighted by atomic mass is 35.5. The van der Waals surface area contributed by atoms with Crippen molar-refractivity contribution in [3.8, 4) is 0 Å². The van der Waals surface area contributed by atoms with E-state index in [1.165, 1.54) is 21.3 Å². The fourth-order valence-corrected chi connectivity index (χ4v) is 3.82. The third kappa shape index (κ3) is 4.77. The molecule has 0 saturated heterocycles. The van der Waals surface area contributed by atoms with Gasteiger partial charge in [0.25, 0.3) is 0 Å². The average Bonchev–Trinajstić information content (AvgIpc) is 2.31. The molecule has 0 aromatic carbocycles. The monoisotopic (exact) mass is 282 g/mol. The molecule has 5 nitrogen and oxygen atoms in total. The molecule has 0 aromatic heterocycles. The van der Waals surface area contributed by atoms with Gasteiger partial charge in [-0.1, -0.05) is 6.58 Å². The van der Waals surface area contributed by atoms with E-state index in [0.29, 0.717) is 12.0 Å². The Labute approximate surface area is 108 Å². The van der Waals surface area contributed by atoms with Crippen molar-refractivity contribution in [3.63, 3.8) is 0 Å². The largest absolute Gasteiger partial charge is 0.519 e. The predicted molar refractivity (Wildman–Crippen MR) is 66.8 cm³/mol. The van der Waals surface area contributed by atoms with Gasteiger partial charge in [0.1, 0.15) is 5.00 Å². The number of hydrogen-bond acceptors (Lipinski definition) is 5. The summed E-state index contributed by atoms with van der Waals surface area (Å²) in [4.78, 5) is 11.1. The van der Waals surface area contributed by atoms with Gasteiger partial charge in [-0.15, -0.1) is 11.6 Å². The van der Waals surface area contributed by atoms with Crippen LogP contribution in [-0.2, 0) is 22.8 Å². The van der Waals surface area contributed by atoms with Crippen molar-refractivity contribution in [3.05, 3.63) is 12.2 Å². The number of rotatable bonds is 8. The van der Waals surface area contributed by atoms with Gasteiger partial charge in [-0.2, -0.15) is 0 Å². The van der Waals surface area contributed by atoms with Gasteiger partial charge in [-0.3, -0.25) is 0 Å². The average molecular weight is 283 g/mol. The summed E-state index contributed by atoms with van der Waals surface area (Å²) in [5, 5.41) is -0.472. The lowest BCUT2D eigenvalue weighted by Crippen LogP contribution is -2.52. The van der Waals surface area contributed by atoms with Crippen LogP contribution in [0.4, 0.5) is 0 Å². The first kappa shape index (κ1) is 16.6. The van der Waals surface area contributed by atoms with Crippen LogP contribution in [0.3, 0.4) is 0 Å². The van der Waals surface area contributed by atoms with E-state index in [4.69, 9.17) is 29.6 Å². The highest BCUT2D eigenvalue weighted by Crippen LogP contribution is 2.20. The van der Waals surface area contributed by atoms with E-state index in [9.17, 15) is 4.79 Å². The van der Waals surface area contributed by atoms with Crippen molar-refractivity contribution in [2.45, 2.75) is 18.3 Å². The molecule has 0 aliphatic carbocycles. The number of hydrogen-bond donors (Lipinski definition) is 0. The smallest absolute Gasteiger partial charge is 0.462 e. The Balaban J connectivity index is 4.20. The molecule has 0 saturated carbocycles. The van der Waals surface area contributed by atoms with Gasteiger partial charge in [0, 0.05) is 33.3 Å². The predicted octanol–water partition coefficient (Wildman–Crippen LogP) is 1.52. The maximum atomic E-state index is 11.1. The number of esters is 1. The highest BCUT2D eigenvalue weighted by molar-refractivity contribution is 6.71. The van der Waals surface area contributed by atoms with Crippen molar-refractivity contribution >= 4 is 26.4 Å². The quantitative estimate of drug-likeness (QED) is 0.292. The zero-order valence-corrected chi connectivity index (χ0v) is 12.4. The lowest BCUT2D eigenvalue weighted by molar-refractivity contribution is -0.139. The van der Waals surface area contributed by atoms with Crippen molar-refractivity contribution in [1.29, 1.82) is 0 Å². The first-order chi connectivity index (χ1) is 7.93. The second kappa shape index (κ2) is 7.83. The molecule has 0 heterocycles. The van der Waals surface area contributed by atoms with E-state index >= 15 is 0 Å². The molecule has 0 bridgehead atoms. The Hall–Kier alpha value is -0.403. The summed E-state index contributed by atoms with van der Waals surface area (Å²) < 4.78 is 20.6. The Morgan fingerprint density at radius 2 is 1.76 bits per heavy atom. The van der Waals surface area contributed by atoms with E-state index in [1.54, 1.807) is 6.92 Å². The van der Waals surface area contributed by atoms with E-state index in [1.807, 2.05) is 0 Å². The standard InChI is InChI=1S/C10H19ClO5Si/c1-8(2)10(12)16-7-6-9(11)17(13-3,14-4)15-5/h9H,1,6-7H2,2-5H3. The Bertz CT molecular complexity index is 259. The van der Waals surface area contributed by atoms with Gasteiger partial charge >= 0.3 is 14.8 Å². The molecule has 0 radical (unpaired) electrons. The van der Waals surface area contributed by atoms with Crippen LogP contribution in [0.25, 0.3) is 0 Å².